The van der Waals surface area contributed by atoms with Gasteiger partial charge in [-0.3, -0.25) is 14.6 Å². The summed E-state index contributed by atoms with van der Waals surface area (Å²) in [6, 6.07) is 10.3. The second kappa shape index (κ2) is 15.7. The summed E-state index contributed by atoms with van der Waals surface area (Å²) in [5.41, 5.74) is 1.21. The van der Waals surface area contributed by atoms with Gasteiger partial charge < -0.3 is 25.3 Å². The number of anilines is 1. The predicted molar refractivity (Wildman–Crippen MR) is 142 cm³/mol. The number of guanidine groups is 1. The lowest BCUT2D eigenvalue weighted by Crippen LogP contribution is -2.49. The number of nitrogens with zero attached hydrogens (tertiary/aromatic N) is 4. The van der Waals surface area contributed by atoms with Crippen LogP contribution in [0.5, 0.6) is 0 Å². The Morgan fingerprint density at radius 3 is 2.22 bits per heavy atom. The molecule has 8 nitrogen and oxygen atoms in total. The number of carbonyl (C=O) groups excluding carboxylic acids is 2. The van der Waals surface area contributed by atoms with Gasteiger partial charge in [-0.1, -0.05) is 18.2 Å². The number of para-hydroxylation sites is 1. The number of hydrogen-bond donors (Lipinski definition) is 2. The number of carbonyl (C=O) groups is 2. The lowest BCUT2D eigenvalue weighted by molar-refractivity contribution is -0.131. The second-order valence-corrected chi connectivity index (χ2v) is 7.46. The third-order valence-corrected chi connectivity index (χ3v) is 5.44. The molecule has 32 heavy (non-hydrogen) atoms. The molecule has 0 spiro atoms. The number of rotatable bonds is 10. The Morgan fingerprint density at radius 2 is 1.62 bits per heavy atom. The molecule has 0 atom stereocenters. The molecule has 9 heteroatoms. The highest BCUT2D eigenvalue weighted by Gasteiger charge is 2.20. The van der Waals surface area contributed by atoms with Crippen LogP contribution in [0, 0.1) is 0 Å². The molecule has 1 heterocycles. The molecular formula is C23H39IN6O2. The molecule has 1 aromatic rings. The second-order valence-electron chi connectivity index (χ2n) is 7.46. The summed E-state index contributed by atoms with van der Waals surface area (Å²) in [7, 11) is 0. The smallest absolute Gasteiger partial charge is 0.224 e. The number of aliphatic imine (C=N–C) groups is 1. The average Bonchev–Trinajstić information content (AvgIpc) is 2.80. The summed E-state index contributed by atoms with van der Waals surface area (Å²) < 4.78 is 0. The molecule has 2 rings (SSSR count). The van der Waals surface area contributed by atoms with E-state index in [1.54, 1.807) is 0 Å². The van der Waals surface area contributed by atoms with E-state index in [0.29, 0.717) is 31.9 Å². The fourth-order valence-electron chi connectivity index (χ4n) is 3.64. The minimum atomic E-state index is 0. The number of nitrogens with one attached hydrogen (secondary N) is 2. The minimum absolute atomic E-state index is 0. The topological polar surface area (TPSA) is 80.3 Å². The van der Waals surface area contributed by atoms with Gasteiger partial charge in [0.1, 0.15) is 0 Å². The number of amides is 2. The van der Waals surface area contributed by atoms with Gasteiger partial charge >= 0.3 is 0 Å². The molecule has 2 N–H and O–H groups in total. The van der Waals surface area contributed by atoms with Gasteiger partial charge in [-0.2, -0.15) is 0 Å². The number of halogens is 1. The van der Waals surface area contributed by atoms with Crippen LogP contribution in [-0.2, 0) is 9.59 Å². The standard InChI is InChI=1S/C23H38N6O2.HI/c1-4-24-23(25-14-12-21(30)27(5-2)6-3)26-15-13-22(31)29-18-16-28(17-19-29)20-10-8-7-9-11-20;/h7-11H,4-6,12-19H2,1-3H3,(H2,24,25,26);1H. The quantitative estimate of drug-likeness (QED) is 0.262. The van der Waals surface area contributed by atoms with Gasteiger partial charge in [0.25, 0.3) is 0 Å². The molecular weight excluding hydrogens is 519 g/mol. The maximum Gasteiger partial charge on any atom is 0.224 e. The molecule has 1 aromatic carbocycles. The van der Waals surface area contributed by atoms with E-state index in [4.69, 9.17) is 0 Å². The fourth-order valence-corrected chi connectivity index (χ4v) is 3.64. The van der Waals surface area contributed by atoms with Crippen LogP contribution in [-0.4, -0.2) is 86.5 Å². The van der Waals surface area contributed by atoms with Crippen LogP contribution in [0.2, 0.25) is 0 Å². The normalized spacial score (nSPS) is 13.9. The van der Waals surface area contributed by atoms with Crippen LogP contribution in [0.3, 0.4) is 0 Å². The predicted octanol–water partition coefficient (Wildman–Crippen LogP) is 2.16. The van der Waals surface area contributed by atoms with E-state index >= 15 is 0 Å². The van der Waals surface area contributed by atoms with E-state index in [2.05, 4.69) is 32.7 Å². The van der Waals surface area contributed by atoms with E-state index in [-0.39, 0.29) is 35.8 Å². The molecule has 180 valence electrons. The molecule has 1 aliphatic heterocycles. The zero-order valence-corrected chi connectivity index (χ0v) is 22.0. The molecule has 2 amide bonds. The van der Waals surface area contributed by atoms with Gasteiger partial charge in [0.05, 0.1) is 6.54 Å². The molecule has 0 radical (unpaired) electrons. The Bertz CT molecular complexity index is 704. The lowest BCUT2D eigenvalue weighted by atomic mass is 10.2. The third kappa shape index (κ3) is 9.22. The fraction of sp³-hybridized carbons (Fsp3) is 0.609. The van der Waals surface area contributed by atoms with Crippen molar-refractivity contribution in [1.82, 2.24) is 20.4 Å². The van der Waals surface area contributed by atoms with Crippen molar-refractivity contribution in [1.29, 1.82) is 0 Å². The van der Waals surface area contributed by atoms with Crippen molar-refractivity contribution in [2.75, 3.05) is 63.8 Å². The van der Waals surface area contributed by atoms with Crippen LogP contribution in [0.15, 0.2) is 35.3 Å². The summed E-state index contributed by atoms with van der Waals surface area (Å²) in [5.74, 6) is 0.929. The lowest BCUT2D eigenvalue weighted by Gasteiger charge is -2.36. The van der Waals surface area contributed by atoms with Crippen molar-refractivity contribution in [3.8, 4) is 0 Å². The Morgan fingerprint density at radius 1 is 0.969 bits per heavy atom. The van der Waals surface area contributed by atoms with Gasteiger partial charge in [0.15, 0.2) is 5.96 Å². The maximum atomic E-state index is 12.6. The van der Waals surface area contributed by atoms with Crippen molar-refractivity contribution in [2.24, 2.45) is 4.99 Å². The van der Waals surface area contributed by atoms with E-state index in [9.17, 15) is 9.59 Å². The Kier molecular flexibility index (Phi) is 13.7. The summed E-state index contributed by atoms with van der Waals surface area (Å²) >= 11 is 0. The van der Waals surface area contributed by atoms with Crippen LogP contribution in [0.1, 0.15) is 33.6 Å². The SMILES string of the molecule is CCNC(=NCCC(=O)N1CCN(c2ccccc2)CC1)NCCC(=O)N(CC)CC.I. The first-order valence-electron chi connectivity index (χ1n) is 11.5. The van der Waals surface area contributed by atoms with Gasteiger partial charge in [-0.25, -0.2) is 0 Å². The molecule has 0 aliphatic carbocycles. The first-order chi connectivity index (χ1) is 15.1. The Balaban J connectivity index is 0.00000512. The molecule has 1 aliphatic rings. The Labute approximate surface area is 209 Å². The van der Waals surface area contributed by atoms with E-state index < -0.39 is 0 Å². The van der Waals surface area contributed by atoms with Gasteiger partial charge in [0.2, 0.25) is 11.8 Å². The molecule has 0 saturated carbocycles. The first kappa shape index (κ1) is 28.0. The number of hydrogen-bond acceptors (Lipinski definition) is 4. The highest BCUT2D eigenvalue weighted by atomic mass is 127. The van der Waals surface area contributed by atoms with Crippen molar-refractivity contribution >= 4 is 47.4 Å². The van der Waals surface area contributed by atoms with Gasteiger partial charge in [-0.15, -0.1) is 24.0 Å². The van der Waals surface area contributed by atoms with Crippen LogP contribution >= 0.6 is 24.0 Å². The zero-order chi connectivity index (χ0) is 22.5. The zero-order valence-electron chi connectivity index (χ0n) is 19.7. The van der Waals surface area contributed by atoms with Crippen molar-refractivity contribution in [3.63, 3.8) is 0 Å². The summed E-state index contributed by atoms with van der Waals surface area (Å²) in [6.45, 7) is 12.3. The monoisotopic (exact) mass is 558 g/mol. The highest BCUT2D eigenvalue weighted by Crippen LogP contribution is 2.15. The van der Waals surface area contributed by atoms with Crippen LogP contribution in [0.4, 0.5) is 5.69 Å². The number of benzene rings is 1. The maximum absolute atomic E-state index is 12.6. The minimum Gasteiger partial charge on any atom is -0.368 e. The molecule has 0 bridgehead atoms. The highest BCUT2D eigenvalue weighted by molar-refractivity contribution is 14.0. The van der Waals surface area contributed by atoms with Gasteiger partial charge in [0, 0.05) is 70.9 Å². The Hall–Kier alpha value is -2.04. The van der Waals surface area contributed by atoms with E-state index in [1.165, 1.54) is 5.69 Å². The molecule has 1 saturated heterocycles. The van der Waals surface area contributed by atoms with E-state index in [0.717, 1.165) is 45.8 Å². The molecule has 1 fully saturated rings. The third-order valence-electron chi connectivity index (χ3n) is 5.44. The van der Waals surface area contributed by atoms with E-state index in [1.807, 2.05) is 48.8 Å². The van der Waals surface area contributed by atoms with Crippen molar-refractivity contribution in [2.45, 2.75) is 33.6 Å². The molecule has 0 unspecified atom stereocenters. The van der Waals surface area contributed by atoms with Gasteiger partial charge in [-0.05, 0) is 32.9 Å². The van der Waals surface area contributed by atoms with Crippen LogP contribution < -0.4 is 15.5 Å². The summed E-state index contributed by atoms with van der Waals surface area (Å²) in [6.07, 6.45) is 0.816. The summed E-state index contributed by atoms with van der Waals surface area (Å²) in [4.78, 5) is 35.2. The van der Waals surface area contributed by atoms with Crippen molar-refractivity contribution < 1.29 is 9.59 Å². The molecule has 0 aromatic heterocycles. The van der Waals surface area contributed by atoms with Crippen molar-refractivity contribution in [3.05, 3.63) is 30.3 Å². The number of piperazine rings is 1. The summed E-state index contributed by atoms with van der Waals surface area (Å²) in [5, 5.41) is 6.36. The largest absolute Gasteiger partial charge is 0.368 e. The van der Waals surface area contributed by atoms with Crippen LogP contribution in [0.25, 0.3) is 0 Å². The first-order valence-corrected chi connectivity index (χ1v) is 11.5. The average molecular weight is 559 g/mol.